The van der Waals surface area contributed by atoms with Gasteiger partial charge in [-0.3, -0.25) is 4.79 Å². The SMILES string of the molecule is O=C(Cc1ccccc1)N/C=C1\CCCO1. The second-order valence-electron chi connectivity index (χ2n) is 3.79. The van der Waals surface area contributed by atoms with E-state index in [1.165, 1.54) is 0 Å². The Morgan fingerprint density at radius 2 is 2.19 bits per heavy atom. The van der Waals surface area contributed by atoms with Crippen molar-refractivity contribution in [3.63, 3.8) is 0 Å². The molecule has 0 radical (unpaired) electrons. The first-order chi connectivity index (χ1) is 7.84. The Kier molecular flexibility index (Phi) is 3.59. The lowest BCUT2D eigenvalue weighted by atomic mass is 10.1. The molecule has 0 saturated carbocycles. The Hall–Kier alpha value is -1.77. The van der Waals surface area contributed by atoms with Crippen molar-refractivity contribution in [3.8, 4) is 0 Å². The van der Waals surface area contributed by atoms with Crippen LogP contribution in [0.2, 0.25) is 0 Å². The summed E-state index contributed by atoms with van der Waals surface area (Å²) in [6, 6.07) is 9.69. The number of carbonyl (C=O) groups is 1. The number of carbonyl (C=O) groups excluding carboxylic acids is 1. The Morgan fingerprint density at radius 1 is 1.38 bits per heavy atom. The summed E-state index contributed by atoms with van der Waals surface area (Å²) in [4.78, 5) is 11.6. The molecule has 1 aromatic rings. The van der Waals surface area contributed by atoms with Crippen LogP contribution >= 0.6 is 0 Å². The standard InChI is InChI=1S/C13H15NO2/c15-13(9-11-5-2-1-3-6-11)14-10-12-7-4-8-16-12/h1-3,5-6,10H,4,7-9H2,(H,14,15)/b12-10+. The third kappa shape index (κ3) is 3.12. The molecule has 1 aromatic carbocycles. The van der Waals surface area contributed by atoms with Crippen molar-refractivity contribution in [3.05, 3.63) is 47.9 Å². The van der Waals surface area contributed by atoms with E-state index in [0.717, 1.165) is 30.8 Å². The predicted molar refractivity (Wildman–Crippen MR) is 61.6 cm³/mol. The van der Waals surface area contributed by atoms with Crippen LogP contribution in [0.4, 0.5) is 0 Å². The molecular formula is C13H15NO2. The number of rotatable bonds is 3. The first-order valence-corrected chi connectivity index (χ1v) is 5.50. The largest absolute Gasteiger partial charge is 0.496 e. The van der Waals surface area contributed by atoms with E-state index in [0.29, 0.717) is 6.42 Å². The van der Waals surface area contributed by atoms with Crippen LogP contribution in [-0.4, -0.2) is 12.5 Å². The third-order valence-electron chi connectivity index (χ3n) is 2.46. The van der Waals surface area contributed by atoms with Gasteiger partial charge in [0.15, 0.2) is 0 Å². The second-order valence-corrected chi connectivity index (χ2v) is 3.79. The predicted octanol–water partition coefficient (Wildman–Crippen LogP) is 2.00. The van der Waals surface area contributed by atoms with Crippen molar-refractivity contribution in [1.29, 1.82) is 0 Å². The summed E-state index contributed by atoms with van der Waals surface area (Å²) >= 11 is 0. The quantitative estimate of drug-likeness (QED) is 0.841. The van der Waals surface area contributed by atoms with Gasteiger partial charge in [0.2, 0.25) is 5.91 Å². The first kappa shape index (κ1) is 10.7. The molecule has 0 aromatic heterocycles. The van der Waals surface area contributed by atoms with Gasteiger partial charge in [-0.2, -0.15) is 0 Å². The smallest absolute Gasteiger partial charge is 0.228 e. The number of allylic oxidation sites excluding steroid dienone is 1. The van der Waals surface area contributed by atoms with Crippen molar-refractivity contribution in [2.24, 2.45) is 0 Å². The lowest BCUT2D eigenvalue weighted by Gasteiger charge is -2.02. The maximum absolute atomic E-state index is 11.6. The molecule has 1 aliphatic heterocycles. The highest BCUT2D eigenvalue weighted by Gasteiger charge is 2.07. The van der Waals surface area contributed by atoms with Crippen LogP contribution in [-0.2, 0) is 16.0 Å². The molecule has 1 saturated heterocycles. The number of amides is 1. The van der Waals surface area contributed by atoms with E-state index in [1.54, 1.807) is 6.20 Å². The van der Waals surface area contributed by atoms with Gasteiger partial charge in [0, 0.05) is 12.6 Å². The van der Waals surface area contributed by atoms with Gasteiger partial charge in [-0.05, 0) is 12.0 Å². The van der Waals surface area contributed by atoms with Crippen LogP contribution in [0.15, 0.2) is 42.3 Å². The fourth-order valence-corrected chi connectivity index (χ4v) is 1.63. The normalized spacial score (nSPS) is 17.1. The molecule has 0 unspecified atom stereocenters. The molecular weight excluding hydrogens is 202 g/mol. The minimum Gasteiger partial charge on any atom is -0.496 e. The summed E-state index contributed by atoms with van der Waals surface area (Å²) in [6.07, 6.45) is 4.05. The van der Waals surface area contributed by atoms with Gasteiger partial charge in [-0.1, -0.05) is 30.3 Å². The van der Waals surface area contributed by atoms with Crippen molar-refractivity contribution in [2.45, 2.75) is 19.3 Å². The molecule has 1 aliphatic rings. The zero-order chi connectivity index (χ0) is 11.2. The van der Waals surface area contributed by atoms with E-state index >= 15 is 0 Å². The van der Waals surface area contributed by atoms with Gasteiger partial charge in [0.05, 0.1) is 13.0 Å². The van der Waals surface area contributed by atoms with Crippen LogP contribution in [0.25, 0.3) is 0 Å². The van der Waals surface area contributed by atoms with Crippen LogP contribution in [0, 0.1) is 0 Å². The van der Waals surface area contributed by atoms with Crippen LogP contribution in [0.5, 0.6) is 0 Å². The number of benzene rings is 1. The van der Waals surface area contributed by atoms with Crippen molar-refractivity contribution < 1.29 is 9.53 Å². The fraction of sp³-hybridized carbons (Fsp3) is 0.308. The fourth-order valence-electron chi connectivity index (χ4n) is 1.63. The molecule has 84 valence electrons. The Morgan fingerprint density at radius 3 is 2.88 bits per heavy atom. The second kappa shape index (κ2) is 5.35. The van der Waals surface area contributed by atoms with E-state index < -0.39 is 0 Å². The Bertz CT molecular complexity index is 376. The number of nitrogens with one attached hydrogen (secondary N) is 1. The topological polar surface area (TPSA) is 38.3 Å². The van der Waals surface area contributed by atoms with Gasteiger partial charge in [-0.15, -0.1) is 0 Å². The molecule has 0 spiro atoms. The summed E-state index contributed by atoms with van der Waals surface area (Å²) in [5.41, 5.74) is 1.02. The lowest BCUT2D eigenvalue weighted by molar-refractivity contribution is -0.119. The molecule has 16 heavy (non-hydrogen) atoms. The number of hydrogen-bond donors (Lipinski definition) is 1. The van der Waals surface area contributed by atoms with Crippen molar-refractivity contribution in [1.82, 2.24) is 5.32 Å². The molecule has 0 atom stereocenters. The highest BCUT2D eigenvalue weighted by Crippen LogP contribution is 2.14. The maximum atomic E-state index is 11.6. The van der Waals surface area contributed by atoms with Gasteiger partial charge >= 0.3 is 0 Å². The van der Waals surface area contributed by atoms with E-state index in [-0.39, 0.29) is 5.91 Å². The minimum absolute atomic E-state index is 0.00537. The van der Waals surface area contributed by atoms with Gasteiger partial charge in [0.25, 0.3) is 0 Å². The average molecular weight is 217 g/mol. The first-order valence-electron chi connectivity index (χ1n) is 5.50. The van der Waals surface area contributed by atoms with Crippen molar-refractivity contribution >= 4 is 5.91 Å². The monoisotopic (exact) mass is 217 g/mol. The van der Waals surface area contributed by atoms with Gasteiger partial charge < -0.3 is 10.1 Å². The zero-order valence-corrected chi connectivity index (χ0v) is 9.11. The molecule has 2 rings (SSSR count). The molecule has 0 bridgehead atoms. The van der Waals surface area contributed by atoms with E-state index in [4.69, 9.17) is 4.74 Å². The van der Waals surface area contributed by atoms with Crippen LogP contribution in [0.1, 0.15) is 18.4 Å². The number of hydrogen-bond acceptors (Lipinski definition) is 2. The van der Waals surface area contributed by atoms with Gasteiger partial charge in [0.1, 0.15) is 5.76 Å². The summed E-state index contributed by atoms with van der Waals surface area (Å²) in [5, 5.41) is 2.75. The molecule has 3 heteroatoms. The Labute approximate surface area is 95.1 Å². The average Bonchev–Trinajstić information content (AvgIpc) is 2.81. The maximum Gasteiger partial charge on any atom is 0.228 e. The van der Waals surface area contributed by atoms with Crippen molar-refractivity contribution in [2.75, 3.05) is 6.61 Å². The molecule has 1 fully saturated rings. The Balaban J connectivity index is 1.82. The molecule has 3 nitrogen and oxygen atoms in total. The molecule has 1 amide bonds. The summed E-state index contributed by atoms with van der Waals surface area (Å²) in [5.74, 6) is 0.871. The number of ether oxygens (including phenoxy) is 1. The van der Waals surface area contributed by atoms with E-state index in [9.17, 15) is 4.79 Å². The lowest BCUT2D eigenvalue weighted by Crippen LogP contribution is -2.19. The molecule has 1 heterocycles. The highest BCUT2D eigenvalue weighted by molar-refractivity contribution is 5.79. The van der Waals surface area contributed by atoms with Crippen LogP contribution in [0.3, 0.4) is 0 Å². The van der Waals surface area contributed by atoms with E-state index in [1.807, 2.05) is 30.3 Å². The van der Waals surface area contributed by atoms with E-state index in [2.05, 4.69) is 5.32 Å². The third-order valence-corrected chi connectivity index (χ3v) is 2.46. The molecule has 0 aliphatic carbocycles. The summed E-state index contributed by atoms with van der Waals surface area (Å²) < 4.78 is 5.30. The zero-order valence-electron chi connectivity index (χ0n) is 9.11. The van der Waals surface area contributed by atoms with Crippen LogP contribution < -0.4 is 5.32 Å². The molecule has 1 N–H and O–H groups in total. The highest BCUT2D eigenvalue weighted by atomic mass is 16.5. The van der Waals surface area contributed by atoms with Gasteiger partial charge in [-0.25, -0.2) is 0 Å². The summed E-state index contributed by atoms with van der Waals surface area (Å²) in [6.45, 7) is 0.764. The minimum atomic E-state index is -0.00537. The summed E-state index contributed by atoms with van der Waals surface area (Å²) in [7, 11) is 0.